The van der Waals surface area contributed by atoms with Gasteiger partial charge in [-0.1, -0.05) is 109 Å². The van der Waals surface area contributed by atoms with Gasteiger partial charge in [0.15, 0.2) is 0 Å². The zero-order valence-electron chi connectivity index (χ0n) is 29.6. The highest BCUT2D eigenvalue weighted by Gasteiger charge is 2.43. The maximum Gasteiger partial charge on any atom is 0.246 e. The molecule has 0 radical (unpaired) electrons. The number of aliphatic hydroxyl groups is 1. The molecular weight excluding hydrogens is 592 g/mol. The van der Waals surface area contributed by atoms with Crippen LogP contribution in [0.1, 0.15) is 130 Å². The van der Waals surface area contributed by atoms with E-state index < -0.39 is 24.2 Å². The van der Waals surface area contributed by atoms with Crippen LogP contribution in [0.2, 0.25) is 0 Å². The van der Waals surface area contributed by atoms with E-state index in [0.29, 0.717) is 38.3 Å². The minimum Gasteiger partial charge on any atom is -0.391 e. The van der Waals surface area contributed by atoms with Crippen LogP contribution in [0.15, 0.2) is 30.3 Å². The van der Waals surface area contributed by atoms with Crippen LogP contribution in [0.4, 0.5) is 0 Å². The topological polar surface area (TPSA) is 128 Å². The van der Waals surface area contributed by atoms with Gasteiger partial charge in [0.2, 0.25) is 23.6 Å². The van der Waals surface area contributed by atoms with Gasteiger partial charge in [0.05, 0.1) is 12.1 Å². The van der Waals surface area contributed by atoms with Crippen LogP contribution < -0.4 is 16.0 Å². The highest BCUT2D eigenvalue weighted by Crippen LogP contribution is 2.33. The average molecular weight is 655 g/mol. The second kappa shape index (κ2) is 19.8. The molecule has 1 saturated carbocycles. The lowest BCUT2D eigenvalue weighted by Crippen LogP contribution is -2.62. The minimum absolute atomic E-state index is 0.0313. The minimum atomic E-state index is -0.899. The fraction of sp³-hybridized carbons (Fsp3) is 0.737. The third-order valence-corrected chi connectivity index (χ3v) is 10.3. The fourth-order valence-electron chi connectivity index (χ4n) is 7.48. The summed E-state index contributed by atoms with van der Waals surface area (Å²) in [5, 5.41) is 20.9. The van der Waals surface area contributed by atoms with E-state index in [2.05, 4.69) is 29.8 Å². The summed E-state index contributed by atoms with van der Waals surface area (Å²) < 4.78 is 0. The highest BCUT2D eigenvalue weighted by molar-refractivity contribution is 5.93. The van der Waals surface area contributed by atoms with E-state index in [0.717, 1.165) is 56.9 Å². The third-order valence-electron chi connectivity index (χ3n) is 10.3. The molecule has 0 bridgehead atoms. The van der Waals surface area contributed by atoms with Crippen molar-refractivity contribution in [2.75, 3.05) is 13.1 Å². The summed E-state index contributed by atoms with van der Waals surface area (Å²) in [4.78, 5) is 55.5. The van der Waals surface area contributed by atoms with E-state index >= 15 is 0 Å². The number of nitrogens with zero attached hydrogens (tertiary/aromatic N) is 1. The van der Waals surface area contributed by atoms with Crippen molar-refractivity contribution in [2.45, 2.75) is 148 Å². The molecule has 0 unspecified atom stereocenters. The van der Waals surface area contributed by atoms with E-state index in [-0.39, 0.29) is 47.8 Å². The Morgan fingerprint density at radius 1 is 0.957 bits per heavy atom. The maximum atomic E-state index is 14.3. The van der Waals surface area contributed by atoms with Crippen molar-refractivity contribution in [1.29, 1.82) is 0 Å². The molecule has 2 aliphatic rings. The number of amides is 4. The van der Waals surface area contributed by atoms with Gasteiger partial charge >= 0.3 is 0 Å². The molecule has 4 N–H and O–H groups in total. The first-order valence-electron chi connectivity index (χ1n) is 18.5. The Hall–Kier alpha value is -2.94. The van der Waals surface area contributed by atoms with Crippen LogP contribution in [-0.2, 0) is 19.2 Å². The average Bonchev–Trinajstić information content (AvgIpc) is 3.05. The van der Waals surface area contributed by atoms with Gasteiger partial charge in [0.1, 0.15) is 12.1 Å². The van der Waals surface area contributed by atoms with Gasteiger partial charge in [-0.05, 0) is 49.5 Å². The molecule has 2 fully saturated rings. The number of aliphatic hydroxyl groups excluding tert-OH is 1. The first-order valence-corrected chi connectivity index (χ1v) is 18.5. The van der Waals surface area contributed by atoms with E-state index in [1.807, 2.05) is 44.2 Å². The molecular formula is C38H62N4O5. The van der Waals surface area contributed by atoms with Crippen LogP contribution in [-0.4, -0.2) is 71.0 Å². The Labute approximate surface area is 283 Å². The zero-order chi connectivity index (χ0) is 34.3. The summed E-state index contributed by atoms with van der Waals surface area (Å²) >= 11 is 0. The summed E-state index contributed by atoms with van der Waals surface area (Å²) in [6.45, 7) is 10.6. The van der Waals surface area contributed by atoms with Gasteiger partial charge in [-0.2, -0.15) is 0 Å². The van der Waals surface area contributed by atoms with Crippen molar-refractivity contribution in [3.63, 3.8) is 0 Å². The molecule has 264 valence electrons. The second-order valence-corrected chi connectivity index (χ2v) is 14.3. The molecule has 1 aliphatic carbocycles. The molecule has 0 aromatic heterocycles. The van der Waals surface area contributed by atoms with E-state index in [9.17, 15) is 24.3 Å². The number of benzene rings is 1. The predicted octanol–water partition coefficient (Wildman–Crippen LogP) is 5.46. The molecule has 6 atom stereocenters. The molecule has 1 saturated heterocycles. The SMILES string of the molecule is CCCCNC(=O)[C@@H](C[C@H](O)[C@H](CC1CCCCC1)NC(=O)[C@H](CCCC)N1CC[C@H](c2ccccc2)[C@H](NC(C)=O)C1=O)C(C)C. The molecule has 47 heavy (non-hydrogen) atoms. The second-order valence-electron chi connectivity index (χ2n) is 14.3. The van der Waals surface area contributed by atoms with E-state index in [1.54, 1.807) is 4.90 Å². The Morgan fingerprint density at radius 3 is 2.26 bits per heavy atom. The third kappa shape index (κ3) is 11.6. The number of hydrogen-bond acceptors (Lipinski definition) is 5. The quantitative estimate of drug-likeness (QED) is 0.156. The van der Waals surface area contributed by atoms with Gasteiger partial charge < -0.3 is 26.0 Å². The zero-order valence-corrected chi connectivity index (χ0v) is 29.6. The van der Waals surface area contributed by atoms with Crippen LogP contribution in [0, 0.1) is 17.8 Å². The van der Waals surface area contributed by atoms with E-state index in [1.165, 1.54) is 13.3 Å². The fourth-order valence-corrected chi connectivity index (χ4v) is 7.48. The number of piperidine rings is 1. The molecule has 1 aromatic carbocycles. The number of carbonyl (C=O) groups is 4. The predicted molar refractivity (Wildman–Crippen MR) is 186 cm³/mol. The number of nitrogens with one attached hydrogen (secondary N) is 3. The maximum absolute atomic E-state index is 14.3. The smallest absolute Gasteiger partial charge is 0.246 e. The van der Waals surface area contributed by atoms with Gasteiger partial charge in [-0.25, -0.2) is 0 Å². The van der Waals surface area contributed by atoms with Crippen molar-refractivity contribution < 1.29 is 24.3 Å². The van der Waals surface area contributed by atoms with Crippen molar-refractivity contribution >= 4 is 23.6 Å². The van der Waals surface area contributed by atoms with Crippen LogP contribution in [0.25, 0.3) is 0 Å². The molecule has 1 heterocycles. The van der Waals surface area contributed by atoms with Crippen LogP contribution in [0.5, 0.6) is 0 Å². The molecule has 1 aromatic rings. The van der Waals surface area contributed by atoms with Gasteiger partial charge in [0, 0.05) is 31.8 Å². The summed E-state index contributed by atoms with van der Waals surface area (Å²) in [5.41, 5.74) is 0.989. The van der Waals surface area contributed by atoms with Crippen molar-refractivity contribution in [3.8, 4) is 0 Å². The number of rotatable bonds is 18. The van der Waals surface area contributed by atoms with Crippen molar-refractivity contribution in [3.05, 3.63) is 35.9 Å². The van der Waals surface area contributed by atoms with Crippen molar-refractivity contribution in [2.24, 2.45) is 17.8 Å². The Bertz CT molecular complexity index is 1120. The number of carbonyl (C=O) groups excluding carboxylic acids is 4. The van der Waals surface area contributed by atoms with Gasteiger partial charge in [-0.15, -0.1) is 0 Å². The lowest BCUT2D eigenvalue weighted by molar-refractivity contribution is -0.147. The molecule has 1 aliphatic heterocycles. The molecule has 9 heteroatoms. The summed E-state index contributed by atoms with van der Waals surface area (Å²) in [6.07, 6.45) is 10.3. The summed E-state index contributed by atoms with van der Waals surface area (Å²) in [7, 11) is 0. The van der Waals surface area contributed by atoms with Crippen LogP contribution in [0.3, 0.4) is 0 Å². The molecule has 3 rings (SSSR count). The Morgan fingerprint density at radius 2 is 1.64 bits per heavy atom. The standard InChI is InChI=1S/C38H62N4O5/c1-6-8-20-33(42-23-21-30(29-18-14-11-15-19-29)35(38(42)47)40-27(5)43)37(46)41-32(24-28-16-12-10-13-17-28)34(44)25-31(26(3)4)36(45)39-22-9-7-2/h11,14-15,18-19,26,28,30-35,44H,6-10,12-13,16-17,20-25H2,1-5H3,(H,39,45)(H,40,43)(H,41,46)/t30-,31+,32+,33+,34+,35+/m1/s1. The Kier molecular flexibility index (Phi) is 16.2. The molecule has 9 nitrogen and oxygen atoms in total. The van der Waals surface area contributed by atoms with Crippen LogP contribution >= 0.6 is 0 Å². The van der Waals surface area contributed by atoms with Gasteiger partial charge in [0.25, 0.3) is 0 Å². The number of unbranched alkanes of at least 4 members (excludes halogenated alkanes) is 2. The summed E-state index contributed by atoms with van der Waals surface area (Å²) in [6, 6.07) is 7.76. The Balaban J connectivity index is 1.84. The normalized spacial score (nSPS) is 21.5. The van der Waals surface area contributed by atoms with E-state index in [4.69, 9.17) is 0 Å². The lowest BCUT2D eigenvalue weighted by Gasteiger charge is -2.42. The highest BCUT2D eigenvalue weighted by atomic mass is 16.3. The monoisotopic (exact) mass is 654 g/mol. The first-order chi connectivity index (χ1) is 22.6. The van der Waals surface area contributed by atoms with Crippen molar-refractivity contribution in [1.82, 2.24) is 20.9 Å². The number of hydrogen-bond donors (Lipinski definition) is 4. The molecule has 4 amide bonds. The van der Waals surface area contributed by atoms with Gasteiger partial charge in [-0.3, -0.25) is 19.2 Å². The number of likely N-dealkylation sites (tertiary alicyclic amines) is 1. The summed E-state index contributed by atoms with van der Waals surface area (Å²) in [5.74, 6) is -0.979. The largest absolute Gasteiger partial charge is 0.391 e. The molecule has 0 spiro atoms. The lowest BCUT2D eigenvalue weighted by atomic mass is 9.81. The first kappa shape index (κ1) is 38.5.